The first-order valence-corrected chi connectivity index (χ1v) is 4.96. The molecule has 0 aromatic heterocycles. The van der Waals surface area contributed by atoms with Gasteiger partial charge in [-0.1, -0.05) is 6.07 Å². The lowest BCUT2D eigenvalue weighted by Gasteiger charge is -2.05. The Morgan fingerprint density at radius 1 is 1.38 bits per heavy atom. The second kappa shape index (κ2) is 4.40. The normalized spacial score (nSPS) is 14.8. The summed E-state index contributed by atoms with van der Waals surface area (Å²) in [5, 5.41) is 17.6. The minimum Gasteiger partial charge on any atom is -0.479 e. The minimum atomic E-state index is -1.31. The number of benzene rings is 1. The van der Waals surface area contributed by atoms with Crippen molar-refractivity contribution in [2.24, 2.45) is 0 Å². The molecule has 1 atom stereocenters. The second-order valence-electron chi connectivity index (χ2n) is 3.58. The smallest absolute Gasteiger partial charge is 0.332 e. The molecule has 0 bridgehead atoms. The number of ether oxygens (including phenoxy) is 2. The highest BCUT2D eigenvalue weighted by atomic mass is 16.7. The van der Waals surface area contributed by atoms with Gasteiger partial charge in [0.2, 0.25) is 6.79 Å². The summed E-state index contributed by atoms with van der Waals surface area (Å²) in [6, 6.07) is 5.42. The first kappa shape index (κ1) is 10.8. The van der Waals surface area contributed by atoms with Crippen LogP contribution in [0.15, 0.2) is 18.2 Å². The average Bonchev–Trinajstić information content (AvgIpc) is 2.72. The minimum absolute atomic E-state index is 0.189. The fraction of sp³-hybridized carbons (Fsp3) is 0.364. The number of carboxylic acids is 1. The first-order valence-electron chi connectivity index (χ1n) is 4.96. The van der Waals surface area contributed by atoms with E-state index in [1.54, 1.807) is 12.1 Å². The lowest BCUT2D eigenvalue weighted by atomic mass is 10.1. The van der Waals surface area contributed by atoms with Crippen LogP contribution in [0.25, 0.3) is 0 Å². The predicted octanol–water partition coefficient (Wildman–Crippen LogP) is 0.793. The van der Waals surface area contributed by atoms with Gasteiger partial charge in [0.1, 0.15) is 0 Å². The zero-order valence-corrected chi connectivity index (χ0v) is 8.55. The molecule has 1 heterocycles. The molecule has 0 spiro atoms. The molecule has 5 heteroatoms. The molecule has 86 valence electrons. The Balaban J connectivity index is 1.98. The van der Waals surface area contributed by atoms with Crippen LogP contribution in [0, 0.1) is 0 Å². The standard InChI is InChI=1S/C11H12O5/c12-8(11(13)14)3-1-7-2-4-9-10(5-7)16-6-15-9/h2,4-5,8,12H,1,3,6H2,(H,13,14). The number of aryl methyl sites for hydroxylation is 1. The van der Waals surface area contributed by atoms with Gasteiger partial charge in [0, 0.05) is 0 Å². The molecule has 0 saturated heterocycles. The fourth-order valence-corrected chi connectivity index (χ4v) is 1.52. The Labute approximate surface area is 92.2 Å². The van der Waals surface area contributed by atoms with Gasteiger partial charge < -0.3 is 19.7 Å². The molecule has 2 N–H and O–H groups in total. The van der Waals surface area contributed by atoms with Crippen molar-refractivity contribution in [1.82, 2.24) is 0 Å². The van der Waals surface area contributed by atoms with Gasteiger partial charge in [0.25, 0.3) is 0 Å². The van der Waals surface area contributed by atoms with Crippen LogP contribution in [0.1, 0.15) is 12.0 Å². The van der Waals surface area contributed by atoms with Gasteiger partial charge in [-0.25, -0.2) is 4.79 Å². The van der Waals surface area contributed by atoms with Crippen LogP contribution in [0.3, 0.4) is 0 Å². The van der Waals surface area contributed by atoms with Crippen molar-refractivity contribution in [3.8, 4) is 11.5 Å². The van der Waals surface area contributed by atoms with E-state index >= 15 is 0 Å². The quantitative estimate of drug-likeness (QED) is 0.790. The largest absolute Gasteiger partial charge is 0.479 e. The summed E-state index contributed by atoms with van der Waals surface area (Å²) in [7, 11) is 0. The van der Waals surface area contributed by atoms with Gasteiger partial charge in [0.15, 0.2) is 17.6 Å². The molecule has 1 aliphatic heterocycles. The topological polar surface area (TPSA) is 76.0 Å². The van der Waals surface area contributed by atoms with Crippen LogP contribution in [0.5, 0.6) is 11.5 Å². The van der Waals surface area contributed by atoms with Crippen LogP contribution in [0.4, 0.5) is 0 Å². The molecule has 0 saturated carbocycles. The fourth-order valence-electron chi connectivity index (χ4n) is 1.52. The van der Waals surface area contributed by atoms with Crippen LogP contribution in [-0.2, 0) is 11.2 Å². The molecule has 0 aliphatic carbocycles. The van der Waals surface area contributed by atoms with Crippen molar-refractivity contribution in [2.75, 3.05) is 6.79 Å². The third-order valence-corrected chi connectivity index (χ3v) is 2.43. The van der Waals surface area contributed by atoms with Crippen LogP contribution in [-0.4, -0.2) is 29.1 Å². The summed E-state index contributed by atoms with van der Waals surface area (Å²) in [6.07, 6.45) is -0.635. The Kier molecular flexibility index (Phi) is 2.96. The third-order valence-electron chi connectivity index (χ3n) is 2.43. The van der Waals surface area contributed by atoms with Gasteiger partial charge >= 0.3 is 5.97 Å². The van der Waals surface area contributed by atoms with Crippen LogP contribution >= 0.6 is 0 Å². The molecule has 0 amide bonds. The monoisotopic (exact) mass is 224 g/mol. The van der Waals surface area contributed by atoms with Crippen LogP contribution < -0.4 is 9.47 Å². The zero-order chi connectivity index (χ0) is 11.5. The Hall–Kier alpha value is -1.75. The summed E-state index contributed by atoms with van der Waals surface area (Å²) < 4.78 is 10.3. The summed E-state index contributed by atoms with van der Waals surface area (Å²) >= 11 is 0. The summed E-state index contributed by atoms with van der Waals surface area (Å²) in [6.45, 7) is 0.219. The third kappa shape index (κ3) is 2.25. The number of aliphatic hydroxyl groups is 1. The first-order chi connectivity index (χ1) is 7.66. The number of hydrogen-bond donors (Lipinski definition) is 2. The number of rotatable bonds is 4. The molecule has 1 aromatic carbocycles. The Morgan fingerprint density at radius 2 is 2.12 bits per heavy atom. The van der Waals surface area contributed by atoms with Gasteiger partial charge in [-0.15, -0.1) is 0 Å². The van der Waals surface area contributed by atoms with E-state index in [0.29, 0.717) is 17.9 Å². The molecule has 5 nitrogen and oxygen atoms in total. The van der Waals surface area contributed by atoms with Crippen molar-refractivity contribution < 1.29 is 24.5 Å². The van der Waals surface area contributed by atoms with Gasteiger partial charge in [-0.05, 0) is 30.5 Å². The molecular weight excluding hydrogens is 212 g/mol. The molecule has 0 fully saturated rings. The van der Waals surface area contributed by atoms with E-state index in [1.807, 2.05) is 6.07 Å². The number of hydrogen-bond acceptors (Lipinski definition) is 4. The second-order valence-corrected chi connectivity index (χ2v) is 3.58. The maximum atomic E-state index is 10.4. The number of aliphatic hydroxyl groups excluding tert-OH is 1. The van der Waals surface area contributed by atoms with E-state index in [2.05, 4.69) is 0 Å². The zero-order valence-electron chi connectivity index (χ0n) is 8.55. The molecule has 1 unspecified atom stereocenters. The molecular formula is C11H12O5. The summed E-state index contributed by atoms with van der Waals surface area (Å²) in [5.41, 5.74) is 0.921. The number of fused-ring (bicyclic) bond motifs is 1. The molecule has 1 aromatic rings. The predicted molar refractivity (Wildman–Crippen MR) is 54.5 cm³/mol. The lowest BCUT2D eigenvalue weighted by Crippen LogP contribution is -2.19. The summed E-state index contributed by atoms with van der Waals surface area (Å²) in [4.78, 5) is 10.4. The van der Waals surface area contributed by atoms with Crippen molar-refractivity contribution in [1.29, 1.82) is 0 Å². The Bertz CT molecular complexity index is 401. The van der Waals surface area contributed by atoms with E-state index in [0.717, 1.165) is 5.56 Å². The highest BCUT2D eigenvalue weighted by Crippen LogP contribution is 2.32. The molecule has 1 aliphatic rings. The summed E-state index contributed by atoms with van der Waals surface area (Å²) in [5.74, 6) is 0.172. The van der Waals surface area contributed by atoms with Crippen molar-refractivity contribution in [3.05, 3.63) is 23.8 Å². The highest BCUT2D eigenvalue weighted by Gasteiger charge is 2.15. The maximum Gasteiger partial charge on any atom is 0.332 e. The van der Waals surface area contributed by atoms with E-state index in [4.69, 9.17) is 19.7 Å². The van der Waals surface area contributed by atoms with E-state index in [1.165, 1.54) is 0 Å². The van der Waals surface area contributed by atoms with Gasteiger partial charge in [0.05, 0.1) is 0 Å². The average molecular weight is 224 g/mol. The SMILES string of the molecule is O=C(O)C(O)CCc1ccc2c(c1)OCO2. The Morgan fingerprint density at radius 3 is 2.88 bits per heavy atom. The maximum absolute atomic E-state index is 10.4. The van der Waals surface area contributed by atoms with Crippen LogP contribution in [0.2, 0.25) is 0 Å². The van der Waals surface area contributed by atoms with Gasteiger partial charge in [-0.2, -0.15) is 0 Å². The van der Waals surface area contributed by atoms with E-state index in [-0.39, 0.29) is 13.2 Å². The van der Waals surface area contributed by atoms with Gasteiger partial charge in [-0.3, -0.25) is 0 Å². The van der Waals surface area contributed by atoms with E-state index < -0.39 is 12.1 Å². The molecule has 16 heavy (non-hydrogen) atoms. The molecule has 2 rings (SSSR count). The highest BCUT2D eigenvalue weighted by molar-refractivity contribution is 5.71. The van der Waals surface area contributed by atoms with E-state index in [9.17, 15) is 4.79 Å². The number of carboxylic acid groups (broad SMARTS) is 1. The number of aliphatic carboxylic acids is 1. The van der Waals surface area contributed by atoms with Crippen molar-refractivity contribution in [2.45, 2.75) is 18.9 Å². The lowest BCUT2D eigenvalue weighted by molar-refractivity contribution is -0.146. The van der Waals surface area contributed by atoms with Crippen molar-refractivity contribution in [3.63, 3.8) is 0 Å². The molecule has 0 radical (unpaired) electrons. The van der Waals surface area contributed by atoms with Crippen molar-refractivity contribution >= 4 is 5.97 Å². The number of carbonyl (C=O) groups is 1.